The highest BCUT2D eigenvalue weighted by molar-refractivity contribution is 7.17. The minimum Gasteiger partial charge on any atom is -0.462 e. The molecule has 5 nitrogen and oxygen atoms in total. The number of rotatable bonds is 9. The third-order valence-corrected chi connectivity index (χ3v) is 7.23. The van der Waals surface area contributed by atoms with Crippen molar-refractivity contribution in [1.82, 2.24) is 4.90 Å². The molecule has 1 aliphatic carbocycles. The van der Waals surface area contributed by atoms with Gasteiger partial charge in [0, 0.05) is 18.0 Å². The van der Waals surface area contributed by atoms with Crippen LogP contribution >= 0.6 is 11.3 Å². The topological polar surface area (TPSA) is 58.6 Å². The van der Waals surface area contributed by atoms with Crippen LogP contribution in [0.5, 0.6) is 0 Å². The van der Waals surface area contributed by atoms with Gasteiger partial charge in [-0.3, -0.25) is 9.69 Å². The highest BCUT2D eigenvalue weighted by Gasteiger charge is 2.27. The van der Waals surface area contributed by atoms with E-state index in [2.05, 4.69) is 34.5 Å². The Balaban J connectivity index is 1.53. The zero-order valence-corrected chi connectivity index (χ0v) is 20.5. The molecule has 0 bridgehead atoms. The van der Waals surface area contributed by atoms with Crippen molar-refractivity contribution >= 4 is 28.2 Å². The number of benzene rings is 2. The van der Waals surface area contributed by atoms with Crippen LogP contribution in [0.1, 0.15) is 58.1 Å². The third kappa shape index (κ3) is 6.33. The molecule has 0 radical (unpaired) electrons. The average Bonchev–Trinajstić information content (AvgIpc) is 3.00. The molecule has 0 aliphatic heterocycles. The second-order valence-corrected chi connectivity index (χ2v) is 9.76. The lowest BCUT2D eigenvalue weighted by Gasteiger charge is -2.22. The largest absolute Gasteiger partial charge is 0.462 e. The number of thiophene rings is 1. The molecule has 1 aromatic heterocycles. The molecule has 1 N–H and O–H groups in total. The monoisotopic (exact) mass is 476 g/mol. The number of carbonyl (C=O) groups excluding carboxylic acids is 2. The van der Waals surface area contributed by atoms with Crippen LogP contribution in [-0.4, -0.2) is 29.9 Å². The lowest BCUT2D eigenvalue weighted by molar-refractivity contribution is -0.117. The molecule has 3 aromatic rings. The number of aryl methyl sites for hydroxylation is 1. The zero-order valence-electron chi connectivity index (χ0n) is 19.7. The number of carbonyl (C=O) groups is 2. The molecule has 178 valence electrons. The van der Waals surface area contributed by atoms with Crippen molar-refractivity contribution in [1.29, 1.82) is 0 Å². The Kier molecular flexibility index (Phi) is 8.50. The van der Waals surface area contributed by atoms with E-state index in [1.807, 2.05) is 43.3 Å². The highest BCUT2D eigenvalue weighted by Crippen LogP contribution is 2.38. The number of esters is 1. The van der Waals surface area contributed by atoms with Crippen LogP contribution in [0.4, 0.5) is 5.00 Å². The van der Waals surface area contributed by atoms with Gasteiger partial charge < -0.3 is 10.1 Å². The first-order chi connectivity index (χ1) is 16.6. The Morgan fingerprint density at radius 3 is 2.15 bits per heavy atom. The van der Waals surface area contributed by atoms with Gasteiger partial charge in [-0.1, -0.05) is 67.1 Å². The number of hydrogen-bond donors (Lipinski definition) is 1. The minimum absolute atomic E-state index is 0.117. The summed E-state index contributed by atoms with van der Waals surface area (Å²) < 4.78 is 5.36. The first-order valence-electron chi connectivity index (χ1n) is 12.1. The molecular weight excluding hydrogens is 444 g/mol. The smallest absolute Gasteiger partial charge is 0.341 e. The molecule has 0 saturated heterocycles. The highest BCUT2D eigenvalue weighted by atomic mass is 32.1. The summed E-state index contributed by atoms with van der Waals surface area (Å²) in [5.41, 5.74) is 3.94. The van der Waals surface area contributed by atoms with Crippen LogP contribution in [0.3, 0.4) is 0 Å². The van der Waals surface area contributed by atoms with E-state index in [1.165, 1.54) is 11.3 Å². The maximum Gasteiger partial charge on any atom is 0.341 e. The standard InChI is InChI=1S/C28H32N2O3S/c1-2-33-28(32)26-23-16-10-5-11-17-24(23)34-27(26)29-25(31)20-30(18-21-12-6-3-7-13-21)19-22-14-8-4-9-15-22/h3-4,6-9,12-15H,2,5,10-11,16-20H2,1H3,(H,29,31). The van der Waals surface area contributed by atoms with Crippen molar-refractivity contribution in [3.05, 3.63) is 87.8 Å². The predicted octanol–water partition coefficient (Wildman–Crippen LogP) is 5.83. The molecule has 4 rings (SSSR count). The van der Waals surface area contributed by atoms with Gasteiger partial charge in [0.1, 0.15) is 5.00 Å². The van der Waals surface area contributed by atoms with E-state index in [9.17, 15) is 9.59 Å². The Labute approximate surface area is 205 Å². The van der Waals surface area contributed by atoms with Gasteiger partial charge in [0.25, 0.3) is 0 Å². The Morgan fingerprint density at radius 1 is 0.912 bits per heavy atom. The molecule has 0 atom stereocenters. The molecule has 1 aliphatic rings. The third-order valence-electron chi connectivity index (χ3n) is 6.02. The van der Waals surface area contributed by atoms with Crippen molar-refractivity contribution in [3.8, 4) is 0 Å². The lowest BCUT2D eigenvalue weighted by Crippen LogP contribution is -2.32. The second-order valence-electron chi connectivity index (χ2n) is 8.65. The number of fused-ring (bicyclic) bond motifs is 1. The first kappa shape index (κ1) is 24.2. The number of anilines is 1. The summed E-state index contributed by atoms with van der Waals surface area (Å²) in [6, 6.07) is 20.3. The van der Waals surface area contributed by atoms with Crippen LogP contribution in [0.15, 0.2) is 60.7 Å². The maximum atomic E-state index is 13.2. The maximum absolute atomic E-state index is 13.2. The number of nitrogens with zero attached hydrogens (tertiary/aromatic N) is 1. The molecule has 1 amide bonds. The van der Waals surface area contributed by atoms with E-state index in [4.69, 9.17) is 4.74 Å². The summed E-state index contributed by atoms with van der Waals surface area (Å²) in [7, 11) is 0. The van der Waals surface area contributed by atoms with Crippen molar-refractivity contribution in [3.63, 3.8) is 0 Å². The van der Waals surface area contributed by atoms with Gasteiger partial charge in [0.15, 0.2) is 0 Å². The fourth-order valence-corrected chi connectivity index (χ4v) is 5.76. The normalized spacial score (nSPS) is 13.2. The first-order valence-corrected chi connectivity index (χ1v) is 12.9. The number of nitrogens with one attached hydrogen (secondary N) is 1. The molecule has 2 aromatic carbocycles. The summed E-state index contributed by atoms with van der Waals surface area (Å²) in [5.74, 6) is -0.448. The molecule has 34 heavy (non-hydrogen) atoms. The Morgan fingerprint density at radius 2 is 1.53 bits per heavy atom. The number of ether oxygens (including phenoxy) is 1. The van der Waals surface area contributed by atoms with Gasteiger partial charge in [0.05, 0.1) is 18.7 Å². The van der Waals surface area contributed by atoms with Gasteiger partial charge in [-0.2, -0.15) is 0 Å². The van der Waals surface area contributed by atoms with Crippen molar-refractivity contribution in [2.75, 3.05) is 18.5 Å². The van der Waals surface area contributed by atoms with Crippen LogP contribution in [0, 0.1) is 0 Å². The predicted molar refractivity (Wildman–Crippen MR) is 137 cm³/mol. The molecular formula is C28H32N2O3S. The number of hydrogen-bond acceptors (Lipinski definition) is 5. The summed E-state index contributed by atoms with van der Waals surface area (Å²) in [5, 5.41) is 3.70. The molecule has 0 unspecified atom stereocenters. The lowest BCUT2D eigenvalue weighted by atomic mass is 10.1. The van der Waals surface area contributed by atoms with E-state index in [-0.39, 0.29) is 18.4 Å². The zero-order chi connectivity index (χ0) is 23.8. The van der Waals surface area contributed by atoms with Gasteiger partial charge in [0.2, 0.25) is 5.91 Å². The van der Waals surface area contributed by atoms with E-state index < -0.39 is 0 Å². The molecule has 6 heteroatoms. The fraction of sp³-hybridized carbons (Fsp3) is 0.357. The van der Waals surface area contributed by atoms with Crippen LogP contribution in [0.25, 0.3) is 0 Å². The fourth-order valence-electron chi connectivity index (χ4n) is 4.47. The summed E-state index contributed by atoms with van der Waals surface area (Å²) in [6.07, 6.45) is 5.16. The average molecular weight is 477 g/mol. The van der Waals surface area contributed by atoms with E-state index in [0.29, 0.717) is 30.3 Å². The molecule has 0 saturated carbocycles. The van der Waals surface area contributed by atoms with Crippen molar-refractivity contribution in [2.24, 2.45) is 0 Å². The SMILES string of the molecule is CCOC(=O)c1c(NC(=O)CN(Cc2ccccc2)Cc2ccccc2)sc2c1CCCCC2. The molecule has 1 heterocycles. The van der Waals surface area contributed by atoms with Gasteiger partial charge >= 0.3 is 5.97 Å². The summed E-state index contributed by atoms with van der Waals surface area (Å²) >= 11 is 1.54. The quantitative estimate of drug-likeness (QED) is 0.312. The van der Waals surface area contributed by atoms with Gasteiger partial charge in [-0.15, -0.1) is 11.3 Å². The molecule has 0 fully saturated rings. The van der Waals surface area contributed by atoms with Gasteiger partial charge in [-0.05, 0) is 49.3 Å². The van der Waals surface area contributed by atoms with E-state index >= 15 is 0 Å². The van der Waals surface area contributed by atoms with Crippen molar-refractivity contribution < 1.29 is 14.3 Å². The van der Waals surface area contributed by atoms with Crippen LogP contribution in [0.2, 0.25) is 0 Å². The van der Waals surface area contributed by atoms with Crippen LogP contribution < -0.4 is 5.32 Å². The molecule has 0 spiro atoms. The van der Waals surface area contributed by atoms with E-state index in [1.54, 1.807) is 11.3 Å². The van der Waals surface area contributed by atoms with E-state index in [0.717, 1.165) is 42.4 Å². The Hall–Kier alpha value is -2.96. The number of amides is 1. The van der Waals surface area contributed by atoms with Crippen molar-refractivity contribution in [2.45, 2.75) is 52.1 Å². The van der Waals surface area contributed by atoms with Gasteiger partial charge in [-0.25, -0.2) is 4.79 Å². The second kappa shape index (κ2) is 12.0. The van der Waals surface area contributed by atoms with Crippen LogP contribution in [-0.2, 0) is 35.5 Å². The summed E-state index contributed by atoms with van der Waals surface area (Å²) in [6.45, 7) is 3.68. The minimum atomic E-state index is -0.331. The Bertz CT molecular complexity index is 1050. The summed E-state index contributed by atoms with van der Waals surface area (Å²) in [4.78, 5) is 29.4.